The van der Waals surface area contributed by atoms with Crippen molar-refractivity contribution >= 4 is 0 Å². The molecule has 0 saturated carbocycles. The second-order valence-electron chi connectivity index (χ2n) is 5.69. The first-order chi connectivity index (χ1) is 10.4. The summed E-state index contributed by atoms with van der Waals surface area (Å²) in [7, 11) is 0. The van der Waals surface area contributed by atoms with Crippen molar-refractivity contribution in [2.24, 2.45) is 11.7 Å². The van der Waals surface area contributed by atoms with Crippen molar-refractivity contribution in [2.45, 2.75) is 25.9 Å². The van der Waals surface area contributed by atoms with Crippen molar-refractivity contribution in [3.05, 3.63) is 29.3 Å². The number of nitrogens with two attached hydrogens (primary N) is 1. The van der Waals surface area contributed by atoms with Gasteiger partial charge in [0.25, 0.3) is 0 Å². The van der Waals surface area contributed by atoms with Gasteiger partial charge in [-0.3, -0.25) is 0 Å². The number of nitrogens with zero attached hydrogens (tertiary/aromatic N) is 1. The molecule has 1 aliphatic rings. The highest BCUT2D eigenvalue weighted by atomic mass is 19.4. The normalized spacial score (nSPS) is 19.6. The fourth-order valence-corrected chi connectivity index (χ4v) is 2.83. The first-order valence-corrected chi connectivity index (χ1v) is 7.69. The van der Waals surface area contributed by atoms with Crippen molar-refractivity contribution in [1.82, 2.24) is 4.90 Å². The molecule has 1 aromatic carbocycles. The molecule has 0 spiro atoms. The van der Waals surface area contributed by atoms with Crippen LogP contribution in [0, 0.1) is 5.92 Å². The molecule has 22 heavy (non-hydrogen) atoms. The molecule has 0 amide bonds. The number of ether oxygens (including phenoxy) is 1. The second kappa shape index (κ2) is 7.33. The molecule has 1 heterocycles. The maximum Gasteiger partial charge on any atom is 0.416 e. The number of likely N-dealkylation sites (tertiary alicyclic amines) is 1. The van der Waals surface area contributed by atoms with Crippen LogP contribution in [0.5, 0.6) is 5.75 Å². The van der Waals surface area contributed by atoms with Gasteiger partial charge < -0.3 is 15.4 Å². The molecular formula is C16H23F3N2O. The van der Waals surface area contributed by atoms with Gasteiger partial charge in [0.2, 0.25) is 0 Å². The van der Waals surface area contributed by atoms with E-state index in [1.807, 2.05) is 6.92 Å². The molecule has 0 radical (unpaired) electrons. The Hall–Kier alpha value is -1.27. The van der Waals surface area contributed by atoms with Crippen molar-refractivity contribution in [2.75, 3.05) is 32.8 Å². The van der Waals surface area contributed by atoms with E-state index in [2.05, 4.69) is 4.90 Å². The third-order valence-electron chi connectivity index (χ3n) is 4.09. The van der Waals surface area contributed by atoms with Gasteiger partial charge in [-0.1, -0.05) is 0 Å². The Balaban J connectivity index is 2.06. The summed E-state index contributed by atoms with van der Waals surface area (Å²) >= 11 is 0. The van der Waals surface area contributed by atoms with Gasteiger partial charge in [-0.25, -0.2) is 0 Å². The molecule has 124 valence electrons. The Kier molecular flexibility index (Phi) is 5.69. The van der Waals surface area contributed by atoms with Crippen LogP contribution in [0.2, 0.25) is 0 Å². The lowest BCUT2D eigenvalue weighted by Crippen LogP contribution is -2.25. The van der Waals surface area contributed by atoms with Crippen LogP contribution in [0.25, 0.3) is 0 Å². The molecule has 1 aliphatic heterocycles. The van der Waals surface area contributed by atoms with Gasteiger partial charge in [-0.05, 0) is 62.5 Å². The molecule has 2 N–H and O–H groups in total. The summed E-state index contributed by atoms with van der Waals surface area (Å²) in [6.45, 7) is 5.57. The molecule has 0 unspecified atom stereocenters. The standard InChI is InChI=1S/C16H23F3N2O/c1-2-22-15-4-3-14(16(17,18)19)9-13(15)6-8-21-7-5-12(10-20)11-21/h3-4,9,12H,2,5-8,10-11,20H2,1H3/t12-/m0/s1. The van der Waals surface area contributed by atoms with E-state index in [9.17, 15) is 13.2 Å². The Morgan fingerprint density at radius 1 is 1.36 bits per heavy atom. The molecule has 1 atom stereocenters. The third kappa shape index (κ3) is 4.36. The van der Waals surface area contributed by atoms with Gasteiger partial charge in [0.1, 0.15) is 5.75 Å². The smallest absolute Gasteiger partial charge is 0.416 e. The van der Waals surface area contributed by atoms with Gasteiger partial charge in [0.15, 0.2) is 0 Å². The summed E-state index contributed by atoms with van der Waals surface area (Å²) in [5.41, 5.74) is 5.66. The predicted molar refractivity (Wildman–Crippen MR) is 79.9 cm³/mol. The van der Waals surface area contributed by atoms with E-state index in [0.717, 1.165) is 32.1 Å². The van der Waals surface area contributed by atoms with E-state index in [1.165, 1.54) is 12.1 Å². The summed E-state index contributed by atoms with van der Waals surface area (Å²) in [6.07, 6.45) is -2.70. The topological polar surface area (TPSA) is 38.5 Å². The third-order valence-corrected chi connectivity index (χ3v) is 4.09. The Morgan fingerprint density at radius 2 is 2.14 bits per heavy atom. The van der Waals surface area contributed by atoms with Crippen molar-refractivity contribution in [3.8, 4) is 5.75 Å². The maximum absolute atomic E-state index is 12.9. The van der Waals surface area contributed by atoms with E-state index in [1.54, 1.807) is 0 Å². The summed E-state index contributed by atoms with van der Waals surface area (Å²) in [4.78, 5) is 2.26. The maximum atomic E-state index is 12.9. The second-order valence-corrected chi connectivity index (χ2v) is 5.69. The molecule has 1 fully saturated rings. The summed E-state index contributed by atoms with van der Waals surface area (Å²) in [5.74, 6) is 1.05. The van der Waals surface area contributed by atoms with Crippen LogP contribution in [-0.4, -0.2) is 37.7 Å². The van der Waals surface area contributed by atoms with Crippen LogP contribution in [0.3, 0.4) is 0 Å². The highest BCUT2D eigenvalue weighted by molar-refractivity contribution is 5.38. The molecule has 1 saturated heterocycles. The lowest BCUT2D eigenvalue weighted by Gasteiger charge is -2.18. The zero-order valence-electron chi connectivity index (χ0n) is 12.8. The van der Waals surface area contributed by atoms with E-state index >= 15 is 0 Å². The molecule has 1 aromatic rings. The molecule has 0 bridgehead atoms. The van der Waals surface area contributed by atoms with E-state index in [4.69, 9.17) is 10.5 Å². The monoisotopic (exact) mass is 316 g/mol. The average molecular weight is 316 g/mol. The van der Waals surface area contributed by atoms with Crippen molar-refractivity contribution in [3.63, 3.8) is 0 Å². The highest BCUT2D eigenvalue weighted by Crippen LogP contribution is 2.33. The summed E-state index contributed by atoms with van der Waals surface area (Å²) in [6, 6.07) is 3.71. The number of hydrogen-bond acceptors (Lipinski definition) is 3. The molecule has 3 nitrogen and oxygen atoms in total. The number of hydrogen-bond donors (Lipinski definition) is 1. The molecular weight excluding hydrogens is 293 g/mol. The zero-order chi connectivity index (χ0) is 16.2. The van der Waals surface area contributed by atoms with Crippen molar-refractivity contribution < 1.29 is 17.9 Å². The first kappa shape index (κ1) is 17.1. The predicted octanol–water partition coefficient (Wildman–Crippen LogP) is 2.93. The van der Waals surface area contributed by atoms with Gasteiger partial charge in [-0.15, -0.1) is 0 Å². The SMILES string of the molecule is CCOc1ccc(C(F)(F)F)cc1CCN1CC[C@@H](CN)C1. The lowest BCUT2D eigenvalue weighted by molar-refractivity contribution is -0.137. The fraction of sp³-hybridized carbons (Fsp3) is 0.625. The van der Waals surface area contributed by atoms with Crippen LogP contribution in [0.1, 0.15) is 24.5 Å². The quantitative estimate of drug-likeness (QED) is 0.877. The number of benzene rings is 1. The van der Waals surface area contributed by atoms with E-state index in [0.29, 0.717) is 36.8 Å². The minimum atomic E-state index is -4.32. The first-order valence-electron chi connectivity index (χ1n) is 7.69. The van der Waals surface area contributed by atoms with E-state index < -0.39 is 11.7 Å². The van der Waals surface area contributed by atoms with Crippen LogP contribution >= 0.6 is 0 Å². The number of alkyl halides is 3. The minimum absolute atomic E-state index is 0.442. The van der Waals surface area contributed by atoms with Crippen LogP contribution < -0.4 is 10.5 Å². The summed E-state index contributed by atoms with van der Waals surface area (Å²) < 4.78 is 44.0. The van der Waals surface area contributed by atoms with Crippen molar-refractivity contribution in [1.29, 1.82) is 0 Å². The number of rotatable bonds is 6. The van der Waals surface area contributed by atoms with Crippen LogP contribution in [0.4, 0.5) is 13.2 Å². The van der Waals surface area contributed by atoms with Crippen LogP contribution in [-0.2, 0) is 12.6 Å². The van der Waals surface area contributed by atoms with Gasteiger partial charge in [0, 0.05) is 13.1 Å². The highest BCUT2D eigenvalue weighted by Gasteiger charge is 2.31. The molecule has 6 heteroatoms. The lowest BCUT2D eigenvalue weighted by atomic mass is 10.1. The van der Waals surface area contributed by atoms with Gasteiger partial charge in [-0.2, -0.15) is 13.2 Å². The zero-order valence-corrected chi connectivity index (χ0v) is 12.8. The van der Waals surface area contributed by atoms with Crippen LogP contribution in [0.15, 0.2) is 18.2 Å². The van der Waals surface area contributed by atoms with Gasteiger partial charge in [0.05, 0.1) is 12.2 Å². The molecule has 2 rings (SSSR count). The average Bonchev–Trinajstić information content (AvgIpc) is 2.93. The summed E-state index contributed by atoms with van der Waals surface area (Å²) in [5, 5.41) is 0. The van der Waals surface area contributed by atoms with E-state index in [-0.39, 0.29) is 0 Å². The minimum Gasteiger partial charge on any atom is -0.494 e. The van der Waals surface area contributed by atoms with Gasteiger partial charge >= 0.3 is 6.18 Å². The fourth-order valence-electron chi connectivity index (χ4n) is 2.83. The Bertz CT molecular complexity index is 491. The Morgan fingerprint density at radius 3 is 2.73 bits per heavy atom. The largest absolute Gasteiger partial charge is 0.494 e. The number of halogens is 3. The molecule has 0 aliphatic carbocycles. The molecule has 0 aromatic heterocycles. The Labute approximate surface area is 129 Å².